The summed E-state index contributed by atoms with van der Waals surface area (Å²) in [4.78, 5) is 0. The number of halogens is 1. The average Bonchev–Trinajstić information content (AvgIpc) is 2.93. The summed E-state index contributed by atoms with van der Waals surface area (Å²) >= 11 is 0. The molecule has 0 radical (unpaired) electrons. The lowest BCUT2D eigenvalue weighted by molar-refractivity contribution is 0.308. The van der Waals surface area contributed by atoms with Crippen LogP contribution in [0, 0.1) is 11.7 Å². The highest BCUT2D eigenvalue weighted by atomic mass is 19.1. The zero-order chi connectivity index (χ0) is 15.8. The predicted octanol–water partition coefficient (Wildman–Crippen LogP) is 6.47. The van der Waals surface area contributed by atoms with Crippen LogP contribution in [-0.4, -0.2) is 0 Å². The van der Waals surface area contributed by atoms with E-state index in [4.69, 9.17) is 0 Å². The maximum Gasteiger partial charge on any atom is 0.123 e. The lowest BCUT2D eigenvalue weighted by Gasteiger charge is -2.29. The molecule has 23 heavy (non-hydrogen) atoms. The van der Waals surface area contributed by atoms with Crippen LogP contribution < -0.4 is 0 Å². The van der Waals surface area contributed by atoms with Gasteiger partial charge in [-0.2, -0.15) is 0 Å². The van der Waals surface area contributed by atoms with Crippen molar-refractivity contribution in [1.29, 1.82) is 0 Å². The third-order valence-electron chi connectivity index (χ3n) is 5.89. The summed E-state index contributed by atoms with van der Waals surface area (Å²) in [6.07, 6.45) is 9.14. The summed E-state index contributed by atoms with van der Waals surface area (Å²) < 4.78 is 13.5. The van der Waals surface area contributed by atoms with Crippen LogP contribution in [-0.2, 0) is 6.42 Å². The smallest absolute Gasteiger partial charge is 0.123 e. The highest BCUT2D eigenvalue weighted by Crippen LogP contribution is 2.42. The normalized spacial score (nSPS) is 22.7. The fourth-order valence-corrected chi connectivity index (χ4v) is 4.63. The van der Waals surface area contributed by atoms with Gasteiger partial charge in [-0.1, -0.05) is 44.0 Å². The van der Waals surface area contributed by atoms with E-state index in [-0.39, 0.29) is 5.82 Å². The molecule has 4 rings (SSSR count). The van der Waals surface area contributed by atoms with Crippen LogP contribution in [0.5, 0.6) is 0 Å². The van der Waals surface area contributed by atoms with Gasteiger partial charge in [0.1, 0.15) is 5.82 Å². The van der Waals surface area contributed by atoms with Crippen molar-refractivity contribution in [2.45, 2.75) is 57.8 Å². The van der Waals surface area contributed by atoms with E-state index in [0.717, 1.165) is 23.8 Å². The number of rotatable bonds is 3. The molecular weight excluding hydrogens is 283 g/mol. The third kappa shape index (κ3) is 2.82. The first-order chi connectivity index (χ1) is 11.2. The SMILES string of the molecule is CCCC1CCC(c2ccc3c(c2)Cc2ccc(F)cc2-3)CC1. The van der Waals surface area contributed by atoms with Crippen LogP contribution in [0.3, 0.4) is 0 Å². The van der Waals surface area contributed by atoms with Gasteiger partial charge in [0.05, 0.1) is 0 Å². The largest absolute Gasteiger partial charge is 0.207 e. The molecule has 0 unspecified atom stereocenters. The van der Waals surface area contributed by atoms with Gasteiger partial charge in [0.25, 0.3) is 0 Å². The van der Waals surface area contributed by atoms with Crippen molar-refractivity contribution >= 4 is 0 Å². The van der Waals surface area contributed by atoms with Crippen molar-refractivity contribution in [3.8, 4) is 11.1 Å². The summed E-state index contributed by atoms with van der Waals surface area (Å²) in [5.74, 6) is 1.56. The molecule has 0 bridgehead atoms. The molecule has 2 aliphatic carbocycles. The summed E-state index contributed by atoms with van der Waals surface area (Å²) in [6.45, 7) is 2.30. The van der Waals surface area contributed by atoms with Gasteiger partial charge in [0.15, 0.2) is 0 Å². The fraction of sp³-hybridized carbons (Fsp3) is 0.455. The highest BCUT2D eigenvalue weighted by Gasteiger charge is 2.24. The van der Waals surface area contributed by atoms with Gasteiger partial charge >= 0.3 is 0 Å². The Morgan fingerprint density at radius 1 is 0.913 bits per heavy atom. The molecule has 2 aliphatic rings. The molecular formula is C22H25F. The molecule has 0 saturated heterocycles. The molecule has 0 heterocycles. The molecule has 1 fully saturated rings. The van der Waals surface area contributed by atoms with Crippen LogP contribution in [0.1, 0.15) is 68.1 Å². The highest BCUT2D eigenvalue weighted by molar-refractivity contribution is 5.77. The molecule has 2 aromatic carbocycles. The Kier molecular flexibility index (Phi) is 3.97. The van der Waals surface area contributed by atoms with E-state index >= 15 is 0 Å². The molecule has 0 aliphatic heterocycles. The van der Waals surface area contributed by atoms with Gasteiger partial charge in [-0.15, -0.1) is 0 Å². The minimum absolute atomic E-state index is 0.130. The monoisotopic (exact) mass is 308 g/mol. The second-order valence-corrected chi connectivity index (χ2v) is 7.40. The van der Waals surface area contributed by atoms with E-state index in [1.54, 1.807) is 12.1 Å². The number of benzene rings is 2. The predicted molar refractivity (Wildman–Crippen MR) is 94.2 cm³/mol. The lowest BCUT2D eigenvalue weighted by Crippen LogP contribution is -2.13. The van der Waals surface area contributed by atoms with E-state index in [0.29, 0.717) is 0 Å². The minimum Gasteiger partial charge on any atom is -0.207 e. The molecule has 0 nitrogen and oxygen atoms in total. The van der Waals surface area contributed by atoms with Crippen LogP contribution in [0.15, 0.2) is 36.4 Å². The summed E-state index contributed by atoms with van der Waals surface area (Å²) in [5.41, 5.74) is 6.50. The van der Waals surface area contributed by atoms with Crippen molar-refractivity contribution in [2.75, 3.05) is 0 Å². The molecule has 0 atom stereocenters. The number of hydrogen-bond acceptors (Lipinski definition) is 0. The molecule has 0 N–H and O–H groups in total. The molecule has 1 heteroatoms. The topological polar surface area (TPSA) is 0 Å². The van der Waals surface area contributed by atoms with Crippen molar-refractivity contribution in [3.63, 3.8) is 0 Å². The second-order valence-electron chi connectivity index (χ2n) is 7.40. The molecule has 0 aromatic heterocycles. The summed E-state index contributed by atoms with van der Waals surface area (Å²) in [7, 11) is 0. The molecule has 120 valence electrons. The first kappa shape index (κ1) is 14.9. The molecule has 1 saturated carbocycles. The second kappa shape index (κ2) is 6.11. The van der Waals surface area contributed by atoms with Crippen molar-refractivity contribution < 1.29 is 4.39 Å². The minimum atomic E-state index is -0.130. The Bertz CT molecular complexity index is 708. The average molecular weight is 308 g/mol. The van der Waals surface area contributed by atoms with Crippen LogP contribution in [0.2, 0.25) is 0 Å². The Labute approximate surface area is 138 Å². The van der Waals surface area contributed by atoms with Crippen LogP contribution >= 0.6 is 0 Å². The van der Waals surface area contributed by atoms with Gasteiger partial charge in [0.2, 0.25) is 0 Å². The quantitative estimate of drug-likeness (QED) is 0.520. The van der Waals surface area contributed by atoms with E-state index in [1.807, 2.05) is 6.07 Å². The van der Waals surface area contributed by atoms with Crippen molar-refractivity contribution in [3.05, 3.63) is 58.9 Å². The molecule has 0 amide bonds. The van der Waals surface area contributed by atoms with Gasteiger partial charge in [-0.05, 0) is 83.9 Å². The zero-order valence-electron chi connectivity index (χ0n) is 13.9. The summed E-state index contributed by atoms with van der Waals surface area (Å²) in [5, 5.41) is 0. The molecule has 2 aromatic rings. The van der Waals surface area contributed by atoms with E-state index in [1.165, 1.54) is 60.8 Å². The maximum atomic E-state index is 13.5. The van der Waals surface area contributed by atoms with E-state index in [2.05, 4.69) is 25.1 Å². The Morgan fingerprint density at radius 2 is 1.74 bits per heavy atom. The van der Waals surface area contributed by atoms with Gasteiger partial charge in [0, 0.05) is 0 Å². The Hall–Kier alpha value is -1.63. The first-order valence-electron chi connectivity index (χ1n) is 9.16. The lowest BCUT2D eigenvalue weighted by atomic mass is 9.77. The van der Waals surface area contributed by atoms with Crippen LogP contribution in [0.25, 0.3) is 11.1 Å². The Balaban J connectivity index is 1.54. The molecule has 0 spiro atoms. The van der Waals surface area contributed by atoms with Gasteiger partial charge in [-0.3, -0.25) is 0 Å². The standard InChI is InChI=1S/C22H25F/c1-2-3-15-4-6-16(7-5-15)17-9-11-21-19(12-17)13-18-8-10-20(23)14-22(18)21/h8-12,14-16H,2-7,13H2,1H3. The summed E-state index contributed by atoms with van der Waals surface area (Å²) in [6, 6.07) is 12.1. The van der Waals surface area contributed by atoms with E-state index < -0.39 is 0 Å². The van der Waals surface area contributed by atoms with Crippen molar-refractivity contribution in [2.24, 2.45) is 5.92 Å². The van der Waals surface area contributed by atoms with E-state index in [9.17, 15) is 4.39 Å². The van der Waals surface area contributed by atoms with Gasteiger partial charge < -0.3 is 0 Å². The fourth-order valence-electron chi connectivity index (χ4n) is 4.63. The zero-order valence-corrected chi connectivity index (χ0v) is 13.9. The Morgan fingerprint density at radius 3 is 2.52 bits per heavy atom. The number of hydrogen-bond donors (Lipinski definition) is 0. The van der Waals surface area contributed by atoms with Crippen molar-refractivity contribution in [1.82, 2.24) is 0 Å². The third-order valence-corrected chi connectivity index (χ3v) is 5.89. The number of fused-ring (bicyclic) bond motifs is 3. The van der Waals surface area contributed by atoms with Gasteiger partial charge in [-0.25, -0.2) is 4.39 Å². The maximum absolute atomic E-state index is 13.5. The van der Waals surface area contributed by atoms with Crippen LogP contribution in [0.4, 0.5) is 4.39 Å². The first-order valence-corrected chi connectivity index (χ1v) is 9.16.